The lowest BCUT2D eigenvalue weighted by Gasteiger charge is -2.08. The zero-order chi connectivity index (χ0) is 19.9. The molecule has 1 aromatic carbocycles. The predicted molar refractivity (Wildman–Crippen MR) is 111 cm³/mol. The Balaban J connectivity index is 1.76. The molecule has 2 N–H and O–H groups in total. The van der Waals surface area contributed by atoms with Crippen molar-refractivity contribution in [3.63, 3.8) is 0 Å². The van der Waals surface area contributed by atoms with E-state index in [1.54, 1.807) is 19.1 Å². The Bertz CT molecular complexity index is 1020. The molecular weight excluding hydrogens is 400 g/mol. The third kappa shape index (κ3) is 5.23. The number of amides is 1. The molecule has 2 heterocycles. The highest BCUT2D eigenvalue weighted by Gasteiger charge is 2.11. The molecule has 0 spiro atoms. The molecule has 10 heteroatoms. The van der Waals surface area contributed by atoms with Gasteiger partial charge in [-0.25, -0.2) is 9.59 Å². The number of fused-ring (bicyclic) bond motifs is 1. The Labute approximate surface area is 169 Å². The summed E-state index contributed by atoms with van der Waals surface area (Å²) >= 11 is 2.99. The molecule has 28 heavy (non-hydrogen) atoms. The number of rotatable bonds is 8. The summed E-state index contributed by atoms with van der Waals surface area (Å²) in [5, 5.41) is 15.7. The fourth-order valence-corrected chi connectivity index (χ4v) is 4.19. The van der Waals surface area contributed by atoms with E-state index in [0.717, 1.165) is 33.4 Å². The number of aromatic nitrogens is 2. The van der Waals surface area contributed by atoms with Gasteiger partial charge in [-0.05, 0) is 31.0 Å². The van der Waals surface area contributed by atoms with E-state index < -0.39 is 11.7 Å². The molecule has 2 aromatic heterocycles. The van der Waals surface area contributed by atoms with E-state index in [1.807, 2.05) is 6.07 Å². The average Bonchev–Trinajstić information content (AvgIpc) is 3.12. The summed E-state index contributed by atoms with van der Waals surface area (Å²) < 4.78 is 11.0. The van der Waals surface area contributed by atoms with E-state index in [4.69, 9.17) is 9.15 Å². The zero-order valence-corrected chi connectivity index (χ0v) is 17.1. The van der Waals surface area contributed by atoms with Gasteiger partial charge in [-0.3, -0.25) is 5.32 Å². The third-order valence-electron chi connectivity index (χ3n) is 3.64. The standard InChI is InChI=1S/C18H20N4O4S2/c1-3-7-19-16-21-22-18(28-16)27-10-11-8-15(23)26-14-9-12(5-6-13(11)14)20-17(24)25-4-2/h5-6,8-9H,3-4,7,10H2,1-2H3,(H,19,21)(H,20,24). The molecule has 0 unspecified atom stereocenters. The molecular formula is C18H20N4O4S2. The summed E-state index contributed by atoms with van der Waals surface area (Å²) in [6.07, 6.45) is 0.459. The van der Waals surface area contributed by atoms with Gasteiger partial charge in [-0.2, -0.15) is 0 Å². The second-order valence-corrected chi connectivity index (χ2v) is 7.94. The van der Waals surface area contributed by atoms with Gasteiger partial charge in [0.25, 0.3) is 0 Å². The van der Waals surface area contributed by atoms with Crippen LogP contribution in [0, 0.1) is 0 Å². The molecule has 0 bridgehead atoms. The van der Waals surface area contributed by atoms with Crippen molar-refractivity contribution in [3.8, 4) is 0 Å². The maximum atomic E-state index is 12.0. The minimum Gasteiger partial charge on any atom is -0.450 e. The van der Waals surface area contributed by atoms with Crippen LogP contribution in [0.5, 0.6) is 0 Å². The first-order valence-electron chi connectivity index (χ1n) is 8.79. The highest BCUT2D eigenvalue weighted by atomic mass is 32.2. The van der Waals surface area contributed by atoms with Crippen LogP contribution in [-0.4, -0.2) is 29.4 Å². The quantitative estimate of drug-likeness (QED) is 0.410. The van der Waals surface area contributed by atoms with Gasteiger partial charge < -0.3 is 14.5 Å². The second kappa shape index (κ2) is 9.56. The van der Waals surface area contributed by atoms with Crippen LogP contribution in [0.3, 0.4) is 0 Å². The average molecular weight is 421 g/mol. The van der Waals surface area contributed by atoms with Crippen LogP contribution >= 0.6 is 23.1 Å². The molecule has 0 atom stereocenters. The van der Waals surface area contributed by atoms with Crippen LogP contribution in [0.1, 0.15) is 25.8 Å². The maximum Gasteiger partial charge on any atom is 0.411 e. The van der Waals surface area contributed by atoms with Crippen LogP contribution in [0.2, 0.25) is 0 Å². The highest BCUT2D eigenvalue weighted by molar-refractivity contribution is 8.00. The number of anilines is 2. The Morgan fingerprint density at radius 2 is 2.14 bits per heavy atom. The largest absolute Gasteiger partial charge is 0.450 e. The lowest BCUT2D eigenvalue weighted by Crippen LogP contribution is -2.13. The van der Waals surface area contributed by atoms with Crippen molar-refractivity contribution in [2.45, 2.75) is 30.4 Å². The van der Waals surface area contributed by atoms with E-state index in [1.165, 1.54) is 29.2 Å². The van der Waals surface area contributed by atoms with Crippen molar-refractivity contribution in [2.24, 2.45) is 0 Å². The summed E-state index contributed by atoms with van der Waals surface area (Å²) in [6.45, 7) is 4.94. The first-order chi connectivity index (χ1) is 13.6. The highest BCUT2D eigenvalue weighted by Crippen LogP contribution is 2.31. The maximum absolute atomic E-state index is 12.0. The Morgan fingerprint density at radius 1 is 1.29 bits per heavy atom. The number of ether oxygens (including phenoxy) is 1. The number of carbonyl (C=O) groups excluding carboxylic acids is 1. The Kier molecular flexibility index (Phi) is 6.88. The molecule has 0 fully saturated rings. The van der Waals surface area contributed by atoms with Crippen molar-refractivity contribution >= 4 is 51.0 Å². The number of nitrogens with one attached hydrogen (secondary N) is 2. The lowest BCUT2D eigenvalue weighted by molar-refractivity contribution is 0.168. The zero-order valence-electron chi connectivity index (χ0n) is 15.5. The van der Waals surface area contributed by atoms with Gasteiger partial charge in [0.15, 0.2) is 4.34 Å². The summed E-state index contributed by atoms with van der Waals surface area (Å²) in [6, 6.07) is 6.64. The van der Waals surface area contributed by atoms with Crippen LogP contribution < -0.4 is 16.3 Å². The van der Waals surface area contributed by atoms with Crippen molar-refractivity contribution in [1.29, 1.82) is 0 Å². The van der Waals surface area contributed by atoms with Crippen LogP contribution in [-0.2, 0) is 10.5 Å². The molecule has 0 aliphatic heterocycles. The predicted octanol–water partition coefficient (Wildman–Crippen LogP) is 4.33. The first kappa shape index (κ1) is 20.2. The summed E-state index contributed by atoms with van der Waals surface area (Å²) in [5.74, 6) is 0.551. The van der Waals surface area contributed by atoms with Gasteiger partial charge in [0.2, 0.25) is 5.13 Å². The number of nitrogens with zero attached hydrogens (tertiary/aromatic N) is 2. The second-order valence-electron chi connectivity index (χ2n) is 5.74. The van der Waals surface area contributed by atoms with E-state index in [9.17, 15) is 9.59 Å². The fourth-order valence-electron chi connectivity index (χ4n) is 2.42. The van der Waals surface area contributed by atoms with E-state index in [2.05, 4.69) is 27.8 Å². The molecule has 0 saturated carbocycles. The fraction of sp³-hybridized carbons (Fsp3) is 0.333. The summed E-state index contributed by atoms with van der Waals surface area (Å²) in [4.78, 5) is 23.5. The smallest absolute Gasteiger partial charge is 0.411 e. The molecule has 148 valence electrons. The number of thioether (sulfide) groups is 1. The molecule has 0 aliphatic carbocycles. The van der Waals surface area contributed by atoms with E-state index >= 15 is 0 Å². The number of benzene rings is 1. The SMILES string of the molecule is CCCNc1nnc(SCc2cc(=O)oc3cc(NC(=O)OCC)ccc23)s1. The monoisotopic (exact) mass is 420 g/mol. The molecule has 0 saturated heterocycles. The van der Waals surface area contributed by atoms with Gasteiger partial charge >= 0.3 is 11.7 Å². The third-order valence-corrected chi connectivity index (χ3v) is 5.70. The minimum absolute atomic E-state index is 0.275. The van der Waals surface area contributed by atoms with Gasteiger partial charge in [-0.15, -0.1) is 10.2 Å². The molecule has 3 aromatic rings. The van der Waals surface area contributed by atoms with Gasteiger partial charge in [0.05, 0.1) is 6.61 Å². The number of hydrogen-bond acceptors (Lipinski definition) is 9. The topological polar surface area (TPSA) is 106 Å². The molecule has 3 rings (SSSR count). The Morgan fingerprint density at radius 3 is 2.93 bits per heavy atom. The van der Waals surface area contributed by atoms with Gasteiger partial charge in [0, 0.05) is 35.5 Å². The number of carbonyl (C=O) groups is 1. The van der Waals surface area contributed by atoms with Crippen molar-refractivity contribution in [3.05, 3.63) is 40.2 Å². The van der Waals surface area contributed by atoms with Crippen LogP contribution in [0.25, 0.3) is 11.0 Å². The molecule has 0 radical (unpaired) electrons. The summed E-state index contributed by atoms with van der Waals surface area (Å²) in [5.41, 5.74) is 1.28. The van der Waals surface area contributed by atoms with E-state index in [-0.39, 0.29) is 6.61 Å². The number of hydrogen-bond donors (Lipinski definition) is 2. The molecule has 8 nitrogen and oxygen atoms in total. The molecule has 1 amide bonds. The Hall–Kier alpha value is -2.59. The van der Waals surface area contributed by atoms with E-state index in [0.29, 0.717) is 17.0 Å². The van der Waals surface area contributed by atoms with Gasteiger partial charge in [0.1, 0.15) is 5.58 Å². The van der Waals surface area contributed by atoms with Crippen molar-refractivity contribution < 1.29 is 13.9 Å². The van der Waals surface area contributed by atoms with Crippen molar-refractivity contribution in [1.82, 2.24) is 10.2 Å². The van der Waals surface area contributed by atoms with Crippen LogP contribution in [0.15, 0.2) is 37.8 Å². The van der Waals surface area contributed by atoms with Crippen LogP contribution in [0.4, 0.5) is 15.6 Å². The first-order valence-corrected chi connectivity index (χ1v) is 10.6. The normalized spacial score (nSPS) is 10.8. The summed E-state index contributed by atoms with van der Waals surface area (Å²) in [7, 11) is 0. The minimum atomic E-state index is -0.556. The lowest BCUT2D eigenvalue weighted by atomic mass is 10.1. The molecule has 0 aliphatic rings. The van der Waals surface area contributed by atoms with Crippen molar-refractivity contribution in [2.75, 3.05) is 23.8 Å². The van der Waals surface area contributed by atoms with Gasteiger partial charge in [-0.1, -0.05) is 30.0 Å².